The van der Waals surface area contributed by atoms with Crippen LogP contribution in [0.3, 0.4) is 0 Å². The highest BCUT2D eigenvalue weighted by molar-refractivity contribution is 5.85. The van der Waals surface area contributed by atoms with Gasteiger partial charge in [-0.1, -0.05) is 12.1 Å². The second-order valence-corrected chi connectivity index (χ2v) is 3.72. The van der Waals surface area contributed by atoms with Gasteiger partial charge in [-0.25, -0.2) is 4.39 Å². The molecule has 0 unspecified atom stereocenters. The van der Waals surface area contributed by atoms with E-state index < -0.39 is 0 Å². The number of nitrogens with two attached hydrogens (primary N) is 1. The summed E-state index contributed by atoms with van der Waals surface area (Å²) >= 11 is 0. The fourth-order valence-corrected chi connectivity index (χ4v) is 1.55. The van der Waals surface area contributed by atoms with Crippen LogP contribution in [0.2, 0.25) is 0 Å². The van der Waals surface area contributed by atoms with E-state index in [-0.39, 0.29) is 23.8 Å². The topological polar surface area (TPSA) is 38.0 Å². The normalized spacial score (nSPS) is 18.2. The molecule has 1 aliphatic rings. The molecule has 1 heterocycles. The van der Waals surface area contributed by atoms with Crippen molar-refractivity contribution in [3.05, 3.63) is 35.1 Å². The lowest BCUT2D eigenvalue weighted by Gasteiger charge is -2.39. The molecule has 0 bridgehead atoms. The minimum absolute atomic E-state index is 0. The number of aryl methyl sites for hydroxylation is 1. The van der Waals surface area contributed by atoms with E-state index in [1.807, 2.05) is 6.07 Å². The molecule has 1 aliphatic heterocycles. The molecule has 14 heavy (non-hydrogen) atoms. The molecule has 1 fully saturated rings. The van der Waals surface area contributed by atoms with Gasteiger partial charge in [-0.2, -0.15) is 0 Å². The third-order valence-electron chi connectivity index (χ3n) is 2.61. The maximum absolute atomic E-state index is 13.0. The minimum Gasteiger partial charge on any atom is -0.319 e. The van der Waals surface area contributed by atoms with Crippen molar-refractivity contribution in [3.8, 4) is 0 Å². The molecular weight excluding hydrogens is 203 g/mol. The molecule has 1 aromatic carbocycles. The van der Waals surface area contributed by atoms with Gasteiger partial charge < -0.3 is 11.1 Å². The van der Waals surface area contributed by atoms with Crippen molar-refractivity contribution in [2.75, 3.05) is 13.1 Å². The summed E-state index contributed by atoms with van der Waals surface area (Å²) in [5.74, 6) is -0.167. The van der Waals surface area contributed by atoms with Gasteiger partial charge in [0.25, 0.3) is 0 Å². The molecule has 1 aromatic rings. The average Bonchev–Trinajstić information content (AvgIpc) is 2.06. The van der Waals surface area contributed by atoms with Crippen LogP contribution in [0.1, 0.15) is 11.1 Å². The average molecular weight is 217 g/mol. The Bertz CT molecular complexity index is 337. The zero-order valence-corrected chi connectivity index (χ0v) is 8.83. The standard InChI is InChI=1S/C10H13FN2.ClH/c1-7-4-8(2-3-9(7)11)10(12)5-13-6-10;/h2-4,13H,5-6,12H2,1H3;1H. The van der Waals surface area contributed by atoms with Crippen molar-refractivity contribution in [3.63, 3.8) is 0 Å². The summed E-state index contributed by atoms with van der Waals surface area (Å²) in [4.78, 5) is 0. The van der Waals surface area contributed by atoms with Gasteiger partial charge in [-0.15, -0.1) is 12.4 Å². The Labute approximate surface area is 89.1 Å². The van der Waals surface area contributed by atoms with Crippen LogP contribution in [0.4, 0.5) is 4.39 Å². The van der Waals surface area contributed by atoms with Crippen LogP contribution >= 0.6 is 12.4 Å². The number of rotatable bonds is 1. The van der Waals surface area contributed by atoms with Crippen LogP contribution in [0.15, 0.2) is 18.2 Å². The quantitative estimate of drug-likeness (QED) is 0.743. The van der Waals surface area contributed by atoms with E-state index in [1.165, 1.54) is 6.07 Å². The first-order chi connectivity index (χ1) is 6.12. The molecule has 0 amide bonds. The van der Waals surface area contributed by atoms with Crippen LogP contribution in [0.25, 0.3) is 0 Å². The van der Waals surface area contributed by atoms with Gasteiger partial charge in [-0.05, 0) is 24.1 Å². The van der Waals surface area contributed by atoms with Crippen LogP contribution in [-0.4, -0.2) is 13.1 Å². The smallest absolute Gasteiger partial charge is 0.126 e. The van der Waals surface area contributed by atoms with E-state index in [9.17, 15) is 4.39 Å². The lowest BCUT2D eigenvalue weighted by atomic mass is 9.85. The third-order valence-corrected chi connectivity index (χ3v) is 2.61. The van der Waals surface area contributed by atoms with Crippen molar-refractivity contribution in [2.45, 2.75) is 12.5 Å². The molecule has 0 saturated carbocycles. The summed E-state index contributed by atoms with van der Waals surface area (Å²) in [6.45, 7) is 3.31. The molecule has 78 valence electrons. The molecule has 0 radical (unpaired) electrons. The monoisotopic (exact) mass is 216 g/mol. The second kappa shape index (κ2) is 3.85. The van der Waals surface area contributed by atoms with Crippen LogP contribution in [-0.2, 0) is 5.54 Å². The summed E-state index contributed by atoms with van der Waals surface area (Å²) in [6, 6.07) is 5.08. The zero-order chi connectivity index (χ0) is 9.47. The molecule has 2 rings (SSSR count). The Hall–Kier alpha value is -0.640. The summed E-state index contributed by atoms with van der Waals surface area (Å²) in [6.07, 6.45) is 0. The SMILES string of the molecule is Cc1cc(C2(N)CNC2)ccc1F.Cl. The minimum atomic E-state index is -0.279. The number of hydrogen-bond acceptors (Lipinski definition) is 2. The molecule has 0 atom stereocenters. The second-order valence-electron chi connectivity index (χ2n) is 3.72. The first-order valence-corrected chi connectivity index (χ1v) is 4.38. The van der Waals surface area contributed by atoms with E-state index >= 15 is 0 Å². The molecule has 0 aromatic heterocycles. The Balaban J connectivity index is 0.000000980. The number of nitrogens with one attached hydrogen (secondary N) is 1. The highest BCUT2D eigenvalue weighted by Gasteiger charge is 2.34. The van der Waals surface area contributed by atoms with Crippen molar-refractivity contribution < 1.29 is 4.39 Å². The molecule has 1 saturated heterocycles. The van der Waals surface area contributed by atoms with Crippen LogP contribution < -0.4 is 11.1 Å². The zero-order valence-electron chi connectivity index (χ0n) is 8.01. The largest absolute Gasteiger partial charge is 0.319 e. The molecule has 0 aliphatic carbocycles. The third kappa shape index (κ3) is 1.75. The van der Waals surface area contributed by atoms with Gasteiger partial charge in [0, 0.05) is 13.1 Å². The van der Waals surface area contributed by atoms with E-state index in [4.69, 9.17) is 5.73 Å². The summed E-state index contributed by atoms with van der Waals surface area (Å²) < 4.78 is 13.0. The Morgan fingerprint density at radius 3 is 2.50 bits per heavy atom. The maximum atomic E-state index is 13.0. The Morgan fingerprint density at radius 1 is 1.43 bits per heavy atom. The highest BCUT2D eigenvalue weighted by Crippen LogP contribution is 2.23. The van der Waals surface area contributed by atoms with Gasteiger partial charge in [0.05, 0.1) is 5.54 Å². The first-order valence-electron chi connectivity index (χ1n) is 4.38. The first kappa shape index (κ1) is 11.4. The Kier molecular flexibility index (Phi) is 3.14. The summed E-state index contributed by atoms with van der Waals surface area (Å²) in [5, 5.41) is 3.12. The number of halogens is 2. The summed E-state index contributed by atoms with van der Waals surface area (Å²) in [5.41, 5.74) is 7.46. The van der Waals surface area contributed by atoms with E-state index in [0.717, 1.165) is 18.7 Å². The van der Waals surface area contributed by atoms with Crippen molar-refractivity contribution >= 4 is 12.4 Å². The fraction of sp³-hybridized carbons (Fsp3) is 0.400. The van der Waals surface area contributed by atoms with Crippen molar-refractivity contribution in [2.24, 2.45) is 5.73 Å². The van der Waals surface area contributed by atoms with Gasteiger partial charge in [0.15, 0.2) is 0 Å². The van der Waals surface area contributed by atoms with Crippen molar-refractivity contribution in [1.29, 1.82) is 0 Å². The lowest BCUT2D eigenvalue weighted by Crippen LogP contribution is -2.62. The number of hydrogen-bond donors (Lipinski definition) is 2. The molecular formula is C10H14ClFN2. The van der Waals surface area contributed by atoms with E-state index in [0.29, 0.717) is 5.56 Å². The summed E-state index contributed by atoms with van der Waals surface area (Å²) in [7, 11) is 0. The fourth-order valence-electron chi connectivity index (χ4n) is 1.55. The Morgan fingerprint density at radius 2 is 2.07 bits per heavy atom. The highest BCUT2D eigenvalue weighted by atomic mass is 35.5. The molecule has 4 heteroatoms. The van der Waals surface area contributed by atoms with Crippen molar-refractivity contribution in [1.82, 2.24) is 5.32 Å². The van der Waals surface area contributed by atoms with Gasteiger partial charge in [0.2, 0.25) is 0 Å². The lowest BCUT2D eigenvalue weighted by molar-refractivity contribution is 0.287. The van der Waals surface area contributed by atoms with Gasteiger partial charge in [-0.3, -0.25) is 0 Å². The maximum Gasteiger partial charge on any atom is 0.126 e. The number of benzene rings is 1. The molecule has 3 N–H and O–H groups in total. The van der Waals surface area contributed by atoms with Crippen LogP contribution in [0.5, 0.6) is 0 Å². The van der Waals surface area contributed by atoms with E-state index in [1.54, 1.807) is 13.0 Å². The van der Waals surface area contributed by atoms with Gasteiger partial charge >= 0.3 is 0 Å². The van der Waals surface area contributed by atoms with Crippen LogP contribution in [0, 0.1) is 12.7 Å². The van der Waals surface area contributed by atoms with Gasteiger partial charge in [0.1, 0.15) is 5.82 Å². The predicted molar refractivity (Wildman–Crippen MR) is 57.1 cm³/mol. The molecule has 0 spiro atoms. The van der Waals surface area contributed by atoms with E-state index in [2.05, 4.69) is 5.32 Å². The molecule has 2 nitrogen and oxygen atoms in total. The predicted octanol–water partition coefficient (Wildman–Crippen LogP) is 1.31.